The monoisotopic (exact) mass is 158 g/mol. The minimum Gasteiger partial charge on any atom is -0.332 e. The molecule has 2 heterocycles. The number of carbonyl (C=O) groups is 1. The number of urea groups is 1. The molecule has 2 amide bonds. The first-order chi connectivity index (χ1) is 4.77. The molecule has 0 aromatic carbocycles. The van der Waals surface area contributed by atoms with Gasteiger partial charge in [-0.25, -0.2) is 4.79 Å². The van der Waals surface area contributed by atoms with Gasteiger partial charge in [0.25, 0.3) is 0 Å². The van der Waals surface area contributed by atoms with Crippen LogP contribution in [0.4, 0.5) is 4.79 Å². The standard InChI is InChI=1S/C6H10N2OS/c1-3-5-4(2-10-3)7-6(9)8-5/h3-5H,2H2,1H3,(H2,7,8,9)/t3?,4-,5?/m0/s1. The zero-order chi connectivity index (χ0) is 7.14. The van der Waals surface area contributed by atoms with Crippen LogP contribution in [0.1, 0.15) is 6.92 Å². The Hall–Kier alpha value is -0.380. The summed E-state index contributed by atoms with van der Waals surface area (Å²) >= 11 is 1.91. The van der Waals surface area contributed by atoms with Crippen LogP contribution in [0.2, 0.25) is 0 Å². The van der Waals surface area contributed by atoms with E-state index in [4.69, 9.17) is 0 Å². The van der Waals surface area contributed by atoms with Crippen LogP contribution in [-0.2, 0) is 0 Å². The van der Waals surface area contributed by atoms with E-state index in [0.717, 1.165) is 5.75 Å². The van der Waals surface area contributed by atoms with Gasteiger partial charge in [-0.15, -0.1) is 0 Å². The summed E-state index contributed by atoms with van der Waals surface area (Å²) in [6.45, 7) is 2.16. The molecule has 2 saturated heterocycles. The minimum absolute atomic E-state index is 0.00199. The van der Waals surface area contributed by atoms with Gasteiger partial charge in [0.1, 0.15) is 0 Å². The van der Waals surface area contributed by atoms with E-state index in [1.165, 1.54) is 0 Å². The van der Waals surface area contributed by atoms with Gasteiger partial charge in [0, 0.05) is 11.0 Å². The van der Waals surface area contributed by atoms with E-state index in [9.17, 15) is 4.79 Å². The Morgan fingerprint density at radius 3 is 3.10 bits per heavy atom. The average molecular weight is 158 g/mol. The van der Waals surface area contributed by atoms with Crippen LogP contribution in [0.15, 0.2) is 0 Å². The fourth-order valence-electron chi connectivity index (χ4n) is 1.50. The first-order valence-electron chi connectivity index (χ1n) is 3.46. The zero-order valence-corrected chi connectivity index (χ0v) is 6.57. The molecular weight excluding hydrogens is 148 g/mol. The summed E-state index contributed by atoms with van der Waals surface area (Å²) in [5, 5.41) is 6.34. The molecule has 2 N–H and O–H groups in total. The Morgan fingerprint density at radius 1 is 1.60 bits per heavy atom. The molecule has 2 fully saturated rings. The van der Waals surface area contributed by atoms with Gasteiger partial charge < -0.3 is 10.6 Å². The number of rotatable bonds is 0. The van der Waals surface area contributed by atoms with Crippen LogP contribution in [-0.4, -0.2) is 29.1 Å². The Labute approximate surface area is 63.9 Å². The Bertz CT molecular complexity index is 173. The molecule has 2 aliphatic rings. The summed E-state index contributed by atoms with van der Waals surface area (Å²) < 4.78 is 0. The third-order valence-corrected chi connectivity index (χ3v) is 3.46. The van der Waals surface area contributed by atoms with Crippen molar-refractivity contribution in [2.45, 2.75) is 24.3 Å². The number of fused-ring (bicyclic) bond motifs is 1. The highest BCUT2D eigenvalue weighted by Gasteiger charge is 2.40. The molecule has 2 rings (SSSR count). The van der Waals surface area contributed by atoms with Gasteiger partial charge in [-0.2, -0.15) is 11.8 Å². The van der Waals surface area contributed by atoms with Crippen molar-refractivity contribution in [1.82, 2.24) is 10.6 Å². The van der Waals surface area contributed by atoms with E-state index in [-0.39, 0.29) is 6.03 Å². The molecular formula is C6H10N2OS. The largest absolute Gasteiger partial charge is 0.332 e. The molecule has 10 heavy (non-hydrogen) atoms. The summed E-state index contributed by atoms with van der Waals surface area (Å²) in [6, 6.07) is 0.757. The van der Waals surface area contributed by atoms with E-state index < -0.39 is 0 Å². The van der Waals surface area contributed by atoms with E-state index in [1.54, 1.807) is 0 Å². The molecule has 56 valence electrons. The summed E-state index contributed by atoms with van der Waals surface area (Å²) in [4.78, 5) is 10.8. The molecule has 2 unspecified atom stereocenters. The highest BCUT2D eigenvalue weighted by Crippen LogP contribution is 2.28. The summed E-state index contributed by atoms with van der Waals surface area (Å²) in [6.07, 6.45) is 0. The van der Waals surface area contributed by atoms with Crippen LogP contribution < -0.4 is 10.6 Å². The van der Waals surface area contributed by atoms with Crippen LogP contribution in [0, 0.1) is 0 Å². The number of carbonyl (C=O) groups excluding carboxylic acids is 1. The van der Waals surface area contributed by atoms with Crippen molar-refractivity contribution >= 4 is 17.8 Å². The maximum atomic E-state index is 10.8. The van der Waals surface area contributed by atoms with Crippen LogP contribution >= 0.6 is 11.8 Å². The molecule has 3 atom stereocenters. The predicted octanol–water partition coefficient (Wildman–Crippen LogP) is 0.172. The van der Waals surface area contributed by atoms with Gasteiger partial charge in [0.2, 0.25) is 0 Å². The molecule has 0 radical (unpaired) electrons. The first kappa shape index (κ1) is 6.34. The Balaban J connectivity index is 2.12. The smallest absolute Gasteiger partial charge is 0.315 e. The Kier molecular flexibility index (Phi) is 1.30. The van der Waals surface area contributed by atoms with Crippen LogP contribution in [0.25, 0.3) is 0 Å². The molecule has 0 saturated carbocycles. The van der Waals surface area contributed by atoms with Gasteiger partial charge in [-0.05, 0) is 0 Å². The quantitative estimate of drug-likeness (QED) is 0.493. The maximum Gasteiger partial charge on any atom is 0.315 e. The molecule has 3 nitrogen and oxygen atoms in total. The first-order valence-corrected chi connectivity index (χ1v) is 4.51. The lowest BCUT2D eigenvalue weighted by atomic mass is 10.1. The third kappa shape index (κ3) is 0.785. The second-order valence-electron chi connectivity index (χ2n) is 2.79. The van der Waals surface area contributed by atoms with Crippen molar-refractivity contribution in [3.05, 3.63) is 0 Å². The summed E-state index contributed by atoms with van der Waals surface area (Å²) in [7, 11) is 0. The molecule has 4 heteroatoms. The molecule has 0 spiro atoms. The van der Waals surface area contributed by atoms with Crippen molar-refractivity contribution in [3.8, 4) is 0 Å². The van der Waals surface area contributed by atoms with Gasteiger partial charge in [0.05, 0.1) is 12.1 Å². The molecule has 2 aliphatic heterocycles. The van der Waals surface area contributed by atoms with Crippen molar-refractivity contribution in [2.24, 2.45) is 0 Å². The van der Waals surface area contributed by atoms with Gasteiger partial charge >= 0.3 is 6.03 Å². The highest BCUT2D eigenvalue weighted by molar-refractivity contribution is 8.00. The number of hydrogen-bond donors (Lipinski definition) is 2. The van der Waals surface area contributed by atoms with Gasteiger partial charge in [-0.1, -0.05) is 6.92 Å². The summed E-state index contributed by atoms with van der Waals surface area (Å²) in [5.74, 6) is 1.06. The lowest BCUT2D eigenvalue weighted by Crippen LogP contribution is -2.35. The molecule has 0 bridgehead atoms. The molecule has 0 aliphatic carbocycles. The second-order valence-corrected chi connectivity index (χ2v) is 4.20. The number of amides is 2. The Morgan fingerprint density at radius 2 is 2.40 bits per heavy atom. The topological polar surface area (TPSA) is 41.1 Å². The van der Waals surface area contributed by atoms with Crippen LogP contribution in [0.5, 0.6) is 0 Å². The number of nitrogens with one attached hydrogen (secondary N) is 2. The number of thioether (sulfide) groups is 1. The lowest BCUT2D eigenvalue weighted by Gasteiger charge is -2.09. The zero-order valence-electron chi connectivity index (χ0n) is 5.76. The van der Waals surface area contributed by atoms with E-state index >= 15 is 0 Å². The van der Waals surface area contributed by atoms with Crippen molar-refractivity contribution in [1.29, 1.82) is 0 Å². The van der Waals surface area contributed by atoms with Gasteiger partial charge in [-0.3, -0.25) is 0 Å². The fraction of sp³-hybridized carbons (Fsp3) is 0.833. The van der Waals surface area contributed by atoms with E-state index in [2.05, 4.69) is 17.6 Å². The highest BCUT2D eigenvalue weighted by atomic mass is 32.2. The van der Waals surface area contributed by atoms with Gasteiger partial charge in [0.15, 0.2) is 0 Å². The SMILES string of the molecule is CC1SC[C@@H]2NC(=O)NC12. The number of hydrogen-bond acceptors (Lipinski definition) is 2. The van der Waals surface area contributed by atoms with E-state index in [1.807, 2.05) is 11.8 Å². The normalized spacial score (nSPS) is 44.5. The lowest BCUT2D eigenvalue weighted by molar-refractivity contribution is 0.247. The van der Waals surface area contributed by atoms with Crippen LogP contribution in [0.3, 0.4) is 0 Å². The van der Waals surface area contributed by atoms with Crippen molar-refractivity contribution < 1.29 is 4.79 Å². The third-order valence-electron chi connectivity index (χ3n) is 2.09. The molecule has 0 aromatic rings. The molecule has 0 aromatic heterocycles. The van der Waals surface area contributed by atoms with E-state index in [0.29, 0.717) is 17.3 Å². The van der Waals surface area contributed by atoms with Crippen molar-refractivity contribution in [2.75, 3.05) is 5.75 Å². The average Bonchev–Trinajstić information content (AvgIpc) is 2.35. The minimum atomic E-state index is 0.00199. The fourth-order valence-corrected chi connectivity index (χ4v) is 2.77. The summed E-state index contributed by atoms with van der Waals surface area (Å²) in [5.41, 5.74) is 0. The predicted molar refractivity (Wildman–Crippen MR) is 41.2 cm³/mol. The second kappa shape index (κ2) is 2.05. The maximum absolute atomic E-state index is 10.8. The van der Waals surface area contributed by atoms with Crippen molar-refractivity contribution in [3.63, 3.8) is 0 Å².